The van der Waals surface area contributed by atoms with Crippen LogP contribution in [0.25, 0.3) is 0 Å². The summed E-state index contributed by atoms with van der Waals surface area (Å²) in [4.78, 5) is 4.00. The molecule has 4 N–H and O–H groups in total. The van der Waals surface area contributed by atoms with Crippen LogP contribution in [0, 0.1) is 0 Å². The minimum atomic E-state index is 0. The van der Waals surface area contributed by atoms with Gasteiger partial charge in [0, 0.05) is 17.2 Å². The van der Waals surface area contributed by atoms with Crippen molar-refractivity contribution < 1.29 is 0 Å². The van der Waals surface area contributed by atoms with E-state index in [9.17, 15) is 0 Å². The highest BCUT2D eigenvalue weighted by Crippen LogP contribution is 2.14. The molecular formula is C6H9BrClN3. The number of hydrogen-bond acceptors (Lipinski definition) is 3. The molecule has 0 saturated carbocycles. The van der Waals surface area contributed by atoms with Crippen molar-refractivity contribution in [2.24, 2.45) is 5.73 Å². The van der Waals surface area contributed by atoms with Crippen molar-refractivity contribution in [3.05, 3.63) is 22.4 Å². The van der Waals surface area contributed by atoms with E-state index in [0.29, 0.717) is 12.2 Å². The molecule has 0 aliphatic heterocycles. The molecule has 0 aliphatic rings. The fourth-order valence-electron chi connectivity index (χ4n) is 0.654. The van der Waals surface area contributed by atoms with E-state index in [1.807, 2.05) is 0 Å². The van der Waals surface area contributed by atoms with Crippen LogP contribution in [-0.4, -0.2) is 4.98 Å². The molecule has 0 radical (unpaired) electrons. The average Bonchev–Trinajstić information content (AvgIpc) is 1.88. The summed E-state index contributed by atoms with van der Waals surface area (Å²) in [6.07, 6.45) is 1.68. The molecule has 5 heteroatoms. The van der Waals surface area contributed by atoms with E-state index in [2.05, 4.69) is 20.9 Å². The molecule has 0 atom stereocenters. The summed E-state index contributed by atoms with van der Waals surface area (Å²) >= 11 is 3.24. The first-order valence-electron chi connectivity index (χ1n) is 2.84. The van der Waals surface area contributed by atoms with Crippen molar-refractivity contribution in [2.75, 3.05) is 5.73 Å². The monoisotopic (exact) mass is 237 g/mol. The molecule has 1 heterocycles. The Balaban J connectivity index is 0.000001000. The number of anilines is 1. The highest BCUT2D eigenvalue weighted by Gasteiger charge is 1.96. The summed E-state index contributed by atoms with van der Waals surface area (Å²) in [5, 5.41) is 0. The maximum Gasteiger partial charge on any atom is 0.0769 e. The Kier molecular flexibility index (Phi) is 4.40. The van der Waals surface area contributed by atoms with Crippen LogP contribution in [0.2, 0.25) is 0 Å². The van der Waals surface area contributed by atoms with Crippen LogP contribution < -0.4 is 11.5 Å². The summed E-state index contributed by atoms with van der Waals surface area (Å²) in [7, 11) is 0. The Labute approximate surface area is 79.7 Å². The second-order valence-electron chi connectivity index (χ2n) is 1.89. The van der Waals surface area contributed by atoms with Crippen molar-refractivity contribution in [3.63, 3.8) is 0 Å². The van der Waals surface area contributed by atoms with Crippen LogP contribution in [0.5, 0.6) is 0 Å². The summed E-state index contributed by atoms with van der Waals surface area (Å²) in [5.41, 5.74) is 12.3. The predicted octanol–water partition coefficient (Wildman–Crippen LogP) is 1.31. The van der Waals surface area contributed by atoms with Crippen LogP contribution in [0.1, 0.15) is 5.69 Å². The van der Waals surface area contributed by atoms with E-state index in [0.717, 1.165) is 10.2 Å². The molecule has 0 aliphatic carbocycles. The molecule has 1 aromatic rings. The van der Waals surface area contributed by atoms with Gasteiger partial charge in [0.15, 0.2) is 0 Å². The molecule has 0 fully saturated rings. The van der Waals surface area contributed by atoms with Gasteiger partial charge in [-0.25, -0.2) is 0 Å². The molecule has 0 bridgehead atoms. The molecule has 0 unspecified atom stereocenters. The molecule has 62 valence electrons. The number of nitrogen functional groups attached to an aromatic ring is 1. The van der Waals surface area contributed by atoms with Crippen LogP contribution in [0.4, 0.5) is 5.69 Å². The van der Waals surface area contributed by atoms with Crippen molar-refractivity contribution in [3.8, 4) is 0 Å². The highest BCUT2D eigenvalue weighted by atomic mass is 79.9. The Morgan fingerprint density at radius 1 is 1.55 bits per heavy atom. The second kappa shape index (κ2) is 4.54. The lowest BCUT2D eigenvalue weighted by Crippen LogP contribution is -2.03. The first kappa shape index (κ1) is 10.7. The zero-order valence-electron chi connectivity index (χ0n) is 5.75. The summed E-state index contributed by atoms with van der Waals surface area (Å²) in [6, 6.07) is 1.79. The third kappa shape index (κ3) is 2.65. The minimum absolute atomic E-state index is 0. The number of nitrogens with two attached hydrogens (primary N) is 2. The van der Waals surface area contributed by atoms with Gasteiger partial charge in [-0.15, -0.1) is 12.4 Å². The predicted molar refractivity (Wildman–Crippen MR) is 51.5 cm³/mol. The molecule has 1 aromatic heterocycles. The van der Waals surface area contributed by atoms with Crippen molar-refractivity contribution in [1.82, 2.24) is 4.98 Å². The Morgan fingerprint density at radius 2 is 2.18 bits per heavy atom. The molecule has 11 heavy (non-hydrogen) atoms. The zero-order chi connectivity index (χ0) is 7.56. The Hall–Kier alpha value is -0.320. The van der Waals surface area contributed by atoms with Crippen LogP contribution in [0.15, 0.2) is 16.7 Å². The minimum Gasteiger partial charge on any atom is -0.397 e. The Bertz CT molecular complexity index is 241. The maximum atomic E-state index is 5.56. The van der Waals surface area contributed by atoms with E-state index >= 15 is 0 Å². The largest absolute Gasteiger partial charge is 0.397 e. The van der Waals surface area contributed by atoms with Gasteiger partial charge >= 0.3 is 0 Å². The first-order valence-corrected chi connectivity index (χ1v) is 3.63. The fourth-order valence-corrected chi connectivity index (χ4v) is 1.00. The van der Waals surface area contributed by atoms with E-state index in [-0.39, 0.29) is 12.4 Å². The van der Waals surface area contributed by atoms with Crippen molar-refractivity contribution in [2.45, 2.75) is 6.54 Å². The lowest BCUT2D eigenvalue weighted by molar-refractivity contribution is 0.993. The third-order valence-electron chi connectivity index (χ3n) is 1.16. The molecule has 3 nitrogen and oxygen atoms in total. The van der Waals surface area contributed by atoms with Gasteiger partial charge in [0.05, 0.1) is 11.4 Å². The molecular weight excluding hydrogens is 229 g/mol. The van der Waals surface area contributed by atoms with Crippen LogP contribution in [0.3, 0.4) is 0 Å². The zero-order valence-corrected chi connectivity index (χ0v) is 8.15. The number of aromatic nitrogens is 1. The summed E-state index contributed by atoms with van der Waals surface area (Å²) < 4.78 is 0.877. The molecule has 0 spiro atoms. The number of hydrogen-bond donors (Lipinski definition) is 2. The standard InChI is InChI=1S/C6H8BrN3.ClH/c7-4-1-5(9)6(2-8)10-3-4;/h1,3H,2,8-9H2;1H. The molecule has 0 saturated heterocycles. The topological polar surface area (TPSA) is 64.9 Å². The quantitative estimate of drug-likeness (QED) is 0.775. The summed E-state index contributed by atoms with van der Waals surface area (Å²) in [5.74, 6) is 0. The van der Waals surface area contributed by atoms with E-state index in [1.165, 1.54) is 0 Å². The van der Waals surface area contributed by atoms with Gasteiger partial charge in [-0.2, -0.15) is 0 Å². The number of pyridine rings is 1. The molecule has 1 rings (SSSR count). The summed E-state index contributed by atoms with van der Waals surface area (Å²) in [6.45, 7) is 0.388. The van der Waals surface area contributed by atoms with Crippen molar-refractivity contribution in [1.29, 1.82) is 0 Å². The highest BCUT2D eigenvalue weighted by molar-refractivity contribution is 9.10. The second-order valence-corrected chi connectivity index (χ2v) is 2.81. The lowest BCUT2D eigenvalue weighted by atomic mass is 10.3. The number of rotatable bonds is 1. The van der Waals surface area contributed by atoms with E-state index < -0.39 is 0 Å². The van der Waals surface area contributed by atoms with E-state index in [4.69, 9.17) is 11.5 Å². The van der Waals surface area contributed by atoms with Crippen LogP contribution >= 0.6 is 28.3 Å². The van der Waals surface area contributed by atoms with E-state index in [1.54, 1.807) is 12.3 Å². The normalized spacial score (nSPS) is 8.91. The number of halogens is 2. The smallest absolute Gasteiger partial charge is 0.0769 e. The van der Waals surface area contributed by atoms with Gasteiger partial charge in [0.25, 0.3) is 0 Å². The Morgan fingerprint density at radius 3 is 2.64 bits per heavy atom. The SMILES string of the molecule is Cl.NCc1ncc(Br)cc1N. The van der Waals surface area contributed by atoms with Gasteiger partial charge in [0.2, 0.25) is 0 Å². The number of nitrogens with zero attached hydrogens (tertiary/aromatic N) is 1. The fraction of sp³-hybridized carbons (Fsp3) is 0.167. The van der Waals surface area contributed by atoms with Gasteiger partial charge in [-0.3, -0.25) is 4.98 Å². The van der Waals surface area contributed by atoms with Crippen LogP contribution in [-0.2, 0) is 6.54 Å². The van der Waals surface area contributed by atoms with Gasteiger partial charge in [-0.1, -0.05) is 0 Å². The first-order chi connectivity index (χ1) is 4.74. The lowest BCUT2D eigenvalue weighted by Gasteiger charge is -1.99. The average molecular weight is 239 g/mol. The van der Waals surface area contributed by atoms with Gasteiger partial charge < -0.3 is 11.5 Å². The molecule has 0 aromatic carbocycles. The third-order valence-corrected chi connectivity index (χ3v) is 1.60. The van der Waals surface area contributed by atoms with Gasteiger partial charge in [-0.05, 0) is 22.0 Å². The van der Waals surface area contributed by atoms with Gasteiger partial charge in [0.1, 0.15) is 0 Å². The van der Waals surface area contributed by atoms with Crippen molar-refractivity contribution >= 4 is 34.0 Å². The maximum absolute atomic E-state index is 5.56. The molecule has 0 amide bonds.